The number of carbonyl (C=O) groups excluding carboxylic acids is 4. The van der Waals surface area contributed by atoms with E-state index in [9.17, 15) is 23.7 Å². The number of nitrogens with zero attached hydrogens (tertiary/aromatic N) is 1. The van der Waals surface area contributed by atoms with Crippen molar-refractivity contribution in [2.75, 3.05) is 20.3 Å². The minimum absolute atomic E-state index is 0.00835. The molecule has 0 aromatic rings. The molecule has 1 amide bonds. The first-order valence-corrected chi connectivity index (χ1v) is 12.6. The number of phosphoric ester groups is 1. The maximum atomic E-state index is 13.1. The summed E-state index contributed by atoms with van der Waals surface area (Å²) >= 11 is 0. The number of fused-ring (bicyclic) bond motifs is 1. The van der Waals surface area contributed by atoms with Crippen LogP contribution < -0.4 is 5.73 Å². The monoisotopic (exact) mass is 518 g/mol. The standard InChI is InChI=1S/C21H31N2O11P/c1-12(2)32-19(27)13(9-17(26)29-4)6-8-30-35(28)31-11-15-18(34-35)21(3,22)20(33-15)23-7-5-14(24)10-16(23)25/h5,7,12-13,15,18,20H,6,8-11,22H2,1-4H3/t13-,15-,18-,20-,21-,35+/m1/s1. The molecule has 3 rings (SSSR count). The summed E-state index contributed by atoms with van der Waals surface area (Å²) in [7, 11) is -2.91. The molecule has 2 saturated heterocycles. The molecule has 0 radical (unpaired) electrons. The molecule has 0 saturated carbocycles. The van der Waals surface area contributed by atoms with Crippen molar-refractivity contribution in [3.8, 4) is 0 Å². The third-order valence-corrected chi connectivity index (χ3v) is 7.20. The van der Waals surface area contributed by atoms with Crippen LogP contribution in [0.2, 0.25) is 0 Å². The van der Waals surface area contributed by atoms with Crippen molar-refractivity contribution >= 4 is 31.5 Å². The summed E-state index contributed by atoms with van der Waals surface area (Å²) < 4.78 is 45.1. The lowest BCUT2D eigenvalue weighted by atomic mass is 9.92. The number of nitrogens with two attached hydrogens (primary N) is 1. The van der Waals surface area contributed by atoms with Gasteiger partial charge in [0.05, 0.1) is 50.7 Å². The van der Waals surface area contributed by atoms with Crippen molar-refractivity contribution in [1.29, 1.82) is 0 Å². The van der Waals surface area contributed by atoms with Crippen LogP contribution in [0.1, 0.15) is 40.0 Å². The predicted molar refractivity (Wildman–Crippen MR) is 117 cm³/mol. The Hall–Kier alpha value is -2.15. The summed E-state index contributed by atoms with van der Waals surface area (Å²) in [5.41, 5.74) is 5.13. The number of esters is 2. The van der Waals surface area contributed by atoms with E-state index in [1.54, 1.807) is 20.8 Å². The quantitative estimate of drug-likeness (QED) is 0.259. The highest BCUT2D eigenvalue weighted by molar-refractivity contribution is 7.48. The molecule has 0 aromatic carbocycles. The minimum atomic E-state index is -4.11. The maximum Gasteiger partial charge on any atom is 0.475 e. The van der Waals surface area contributed by atoms with Crippen LogP contribution in [-0.4, -0.2) is 78.9 Å². The highest BCUT2D eigenvalue weighted by Crippen LogP contribution is 2.57. The molecule has 3 aliphatic heterocycles. The Morgan fingerprint density at radius 2 is 2.06 bits per heavy atom. The summed E-state index contributed by atoms with van der Waals surface area (Å²) in [5.74, 6) is -2.92. The molecule has 6 atom stereocenters. The van der Waals surface area contributed by atoms with Gasteiger partial charge in [-0.3, -0.25) is 37.6 Å². The molecule has 3 aliphatic rings. The average molecular weight is 518 g/mol. The summed E-state index contributed by atoms with van der Waals surface area (Å²) in [6.45, 7) is 4.49. The van der Waals surface area contributed by atoms with Gasteiger partial charge in [0.15, 0.2) is 12.0 Å². The SMILES string of the molecule is COC(=O)C[C@@H](CCO[P@@]1(=O)OC[C@H]2O[C@@H](N3C=CC(=O)CC3=O)[C@](C)(N)[C@@H]2O1)C(=O)OC(C)C. The molecule has 0 bridgehead atoms. The van der Waals surface area contributed by atoms with Gasteiger partial charge in [-0.15, -0.1) is 0 Å². The molecule has 0 aliphatic carbocycles. The zero-order valence-corrected chi connectivity index (χ0v) is 20.9. The van der Waals surface area contributed by atoms with E-state index in [1.807, 2.05) is 0 Å². The van der Waals surface area contributed by atoms with Gasteiger partial charge in [-0.05, 0) is 33.3 Å². The lowest BCUT2D eigenvalue weighted by Gasteiger charge is -2.38. The van der Waals surface area contributed by atoms with Gasteiger partial charge >= 0.3 is 19.8 Å². The Kier molecular flexibility index (Phi) is 8.51. The fourth-order valence-corrected chi connectivity index (χ4v) is 5.47. The number of amides is 1. The topological polar surface area (TPSA) is 170 Å². The van der Waals surface area contributed by atoms with E-state index in [0.29, 0.717) is 0 Å². The summed E-state index contributed by atoms with van der Waals surface area (Å²) in [6, 6.07) is 0. The van der Waals surface area contributed by atoms with Crippen molar-refractivity contribution in [3.63, 3.8) is 0 Å². The lowest BCUT2D eigenvalue weighted by molar-refractivity contribution is -0.157. The van der Waals surface area contributed by atoms with E-state index >= 15 is 0 Å². The number of phosphoric acid groups is 1. The largest absolute Gasteiger partial charge is 0.475 e. The van der Waals surface area contributed by atoms with Crippen LogP contribution in [0.25, 0.3) is 0 Å². The number of methoxy groups -OCH3 is 1. The molecule has 35 heavy (non-hydrogen) atoms. The number of allylic oxidation sites excluding steroid dienone is 1. The molecular weight excluding hydrogens is 487 g/mol. The number of hydrogen-bond acceptors (Lipinski definition) is 12. The summed E-state index contributed by atoms with van der Waals surface area (Å²) in [5, 5.41) is 0. The highest BCUT2D eigenvalue weighted by Gasteiger charge is 2.60. The van der Waals surface area contributed by atoms with Crippen molar-refractivity contribution in [1.82, 2.24) is 4.90 Å². The normalized spacial score (nSPS) is 33.5. The van der Waals surface area contributed by atoms with Gasteiger partial charge < -0.3 is 19.9 Å². The molecule has 13 nitrogen and oxygen atoms in total. The van der Waals surface area contributed by atoms with Gasteiger partial charge in [-0.25, -0.2) is 4.57 Å². The highest BCUT2D eigenvalue weighted by atomic mass is 31.2. The van der Waals surface area contributed by atoms with Crippen LogP contribution in [0, 0.1) is 5.92 Å². The van der Waals surface area contributed by atoms with Gasteiger partial charge in [-0.1, -0.05) is 0 Å². The first-order chi connectivity index (χ1) is 16.4. The zero-order chi connectivity index (χ0) is 26.0. The molecular formula is C21H31N2O11P. The van der Waals surface area contributed by atoms with Crippen molar-refractivity contribution < 1.29 is 51.5 Å². The van der Waals surface area contributed by atoms with E-state index in [-0.39, 0.29) is 44.4 Å². The van der Waals surface area contributed by atoms with Gasteiger partial charge in [0, 0.05) is 6.20 Å². The van der Waals surface area contributed by atoms with Gasteiger partial charge in [0.25, 0.3) is 0 Å². The first-order valence-electron chi connectivity index (χ1n) is 11.2. The fraction of sp³-hybridized carbons (Fsp3) is 0.714. The Morgan fingerprint density at radius 3 is 2.69 bits per heavy atom. The number of rotatable bonds is 9. The number of ketones is 1. The number of hydrogen-bond donors (Lipinski definition) is 1. The van der Waals surface area contributed by atoms with Crippen LogP contribution in [0.4, 0.5) is 0 Å². The predicted octanol–water partition coefficient (Wildman–Crippen LogP) is 0.805. The van der Waals surface area contributed by atoms with E-state index < -0.39 is 55.6 Å². The minimum Gasteiger partial charge on any atom is -0.469 e. The fourth-order valence-electron chi connectivity index (χ4n) is 3.98. The van der Waals surface area contributed by atoms with E-state index in [2.05, 4.69) is 4.74 Å². The second-order valence-corrected chi connectivity index (χ2v) is 10.6. The van der Waals surface area contributed by atoms with Crippen LogP contribution in [0.15, 0.2) is 12.3 Å². The van der Waals surface area contributed by atoms with Crippen LogP contribution in [0.5, 0.6) is 0 Å². The van der Waals surface area contributed by atoms with Crippen LogP contribution in [0.3, 0.4) is 0 Å². The van der Waals surface area contributed by atoms with Crippen molar-refractivity contribution in [2.24, 2.45) is 11.7 Å². The molecule has 0 aromatic heterocycles. The van der Waals surface area contributed by atoms with Crippen molar-refractivity contribution in [3.05, 3.63) is 12.3 Å². The van der Waals surface area contributed by atoms with Crippen molar-refractivity contribution in [2.45, 2.75) is 70.1 Å². The Labute approximate surface area is 202 Å². The van der Waals surface area contributed by atoms with Gasteiger partial charge in [-0.2, -0.15) is 0 Å². The summed E-state index contributed by atoms with van der Waals surface area (Å²) in [4.78, 5) is 49.1. The van der Waals surface area contributed by atoms with E-state index in [1.165, 1.54) is 24.3 Å². The average Bonchev–Trinajstić information content (AvgIpc) is 3.02. The zero-order valence-electron chi connectivity index (χ0n) is 20.0. The van der Waals surface area contributed by atoms with E-state index in [0.717, 1.165) is 0 Å². The summed E-state index contributed by atoms with van der Waals surface area (Å²) in [6.07, 6.45) is -1.08. The second kappa shape index (κ2) is 10.9. The Morgan fingerprint density at radius 1 is 1.34 bits per heavy atom. The third kappa shape index (κ3) is 6.35. The van der Waals surface area contributed by atoms with Crippen LogP contribution >= 0.6 is 7.82 Å². The second-order valence-electron chi connectivity index (χ2n) is 9.01. The molecule has 0 spiro atoms. The smallest absolute Gasteiger partial charge is 0.469 e. The van der Waals surface area contributed by atoms with E-state index in [4.69, 9.17) is 28.8 Å². The molecule has 0 unspecified atom stereocenters. The lowest BCUT2D eigenvalue weighted by Crippen LogP contribution is -2.60. The van der Waals surface area contributed by atoms with Gasteiger partial charge in [0.2, 0.25) is 5.91 Å². The molecule has 2 N–H and O–H groups in total. The maximum absolute atomic E-state index is 13.1. The van der Waals surface area contributed by atoms with Gasteiger partial charge in [0.1, 0.15) is 12.2 Å². The third-order valence-electron chi connectivity index (χ3n) is 5.75. The molecule has 3 heterocycles. The number of ether oxygens (including phenoxy) is 3. The first kappa shape index (κ1) is 27.4. The molecule has 196 valence electrons. The Balaban J connectivity index is 1.63. The van der Waals surface area contributed by atoms with Crippen LogP contribution in [-0.2, 0) is 51.5 Å². The number of carbonyl (C=O) groups is 4. The molecule has 14 heteroatoms. The Bertz CT molecular complexity index is 934. The molecule has 2 fully saturated rings.